The Morgan fingerprint density at radius 1 is 1.12 bits per heavy atom. The molecule has 1 N–H and O–H groups in total. The number of benzene rings is 2. The van der Waals surface area contributed by atoms with Crippen molar-refractivity contribution >= 4 is 17.7 Å². The Hall–Kier alpha value is -2.29. The highest BCUT2D eigenvalue weighted by molar-refractivity contribution is 7.99. The van der Waals surface area contributed by atoms with E-state index >= 15 is 0 Å². The third-order valence-electron chi connectivity index (χ3n) is 3.10. The molecule has 0 radical (unpaired) electrons. The van der Waals surface area contributed by atoms with Crippen LogP contribution in [-0.4, -0.2) is 24.4 Å². The first-order valence-corrected chi connectivity index (χ1v) is 8.22. The number of rotatable bonds is 7. The van der Waals surface area contributed by atoms with E-state index in [-0.39, 0.29) is 17.9 Å². The molecular formula is C17H14F5NO2S. The first-order valence-electron chi connectivity index (χ1n) is 7.34. The van der Waals surface area contributed by atoms with E-state index in [1.807, 2.05) is 0 Å². The van der Waals surface area contributed by atoms with E-state index in [0.29, 0.717) is 22.2 Å². The number of carbonyl (C=O) groups excluding carboxylic acids is 1. The summed E-state index contributed by atoms with van der Waals surface area (Å²) < 4.78 is 65.6. The number of alkyl halides is 5. The summed E-state index contributed by atoms with van der Waals surface area (Å²) in [7, 11) is 0. The summed E-state index contributed by atoms with van der Waals surface area (Å²) in [6.07, 6.45) is -4.43. The maximum Gasteiger partial charge on any atom is 0.422 e. The van der Waals surface area contributed by atoms with Gasteiger partial charge >= 0.3 is 6.18 Å². The molecular weight excluding hydrogens is 377 g/mol. The molecule has 140 valence electrons. The lowest BCUT2D eigenvalue weighted by atomic mass is 10.2. The van der Waals surface area contributed by atoms with Gasteiger partial charge in [0.05, 0.1) is 0 Å². The van der Waals surface area contributed by atoms with E-state index in [4.69, 9.17) is 0 Å². The zero-order chi connectivity index (χ0) is 19.2. The molecule has 0 aliphatic rings. The third kappa shape index (κ3) is 6.91. The second kappa shape index (κ2) is 8.88. The van der Waals surface area contributed by atoms with Gasteiger partial charge in [-0.1, -0.05) is 23.9 Å². The minimum absolute atomic E-state index is 0.0439. The van der Waals surface area contributed by atoms with Gasteiger partial charge in [0.2, 0.25) is 0 Å². The van der Waals surface area contributed by atoms with Crippen molar-refractivity contribution in [3.05, 3.63) is 59.7 Å². The molecule has 2 aromatic carbocycles. The molecule has 1 amide bonds. The number of hydrogen-bond acceptors (Lipinski definition) is 3. The first-order chi connectivity index (χ1) is 12.2. The molecule has 0 aliphatic carbocycles. The van der Waals surface area contributed by atoms with Crippen molar-refractivity contribution in [1.29, 1.82) is 0 Å². The molecule has 0 atom stereocenters. The van der Waals surface area contributed by atoms with Gasteiger partial charge in [-0.2, -0.15) is 22.0 Å². The van der Waals surface area contributed by atoms with Crippen LogP contribution in [0.25, 0.3) is 0 Å². The van der Waals surface area contributed by atoms with Gasteiger partial charge in [-0.05, 0) is 42.0 Å². The lowest BCUT2D eigenvalue weighted by Gasteiger charge is -2.11. The number of nitrogens with one attached hydrogen (secondary N) is 1. The molecule has 2 aromatic rings. The van der Waals surface area contributed by atoms with Gasteiger partial charge in [-0.3, -0.25) is 4.79 Å². The zero-order valence-electron chi connectivity index (χ0n) is 13.2. The van der Waals surface area contributed by atoms with E-state index in [1.165, 1.54) is 42.5 Å². The maximum absolute atomic E-state index is 12.3. The maximum atomic E-state index is 12.3. The van der Waals surface area contributed by atoms with Crippen LogP contribution in [0.1, 0.15) is 15.9 Å². The normalized spacial score (nSPS) is 11.5. The number of hydrogen-bond donors (Lipinski definition) is 1. The lowest BCUT2D eigenvalue weighted by molar-refractivity contribution is -0.153. The van der Waals surface area contributed by atoms with Crippen LogP contribution in [-0.2, 0) is 6.54 Å². The molecule has 26 heavy (non-hydrogen) atoms. The summed E-state index contributed by atoms with van der Waals surface area (Å²) in [6, 6.07) is 11.6. The second-order valence-corrected chi connectivity index (χ2v) is 6.20. The predicted molar refractivity (Wildman–Crippen MR) is 87.5 cm³/mol. The molecule has 0 heterocycles. The van der Waals surface area contributed by atoms with Crippen LogP contribution >= 0.6 is 11.8 Å². The number of halogens is 5. The fourth-order valence-electron chi connectivity index (χ4n) is 1.98. The lowest BCUT2D eigenvalue weighted by Crippen LogP contribution is -2.23. The van der Waals surface area contributed by atoms with Gasteiger partial charge < -0.3 is 10.1 Å². The summed E-state index contributed by atoms with van der Waals surface area (Å²) in [5, 5.41) is 2.60. The van der Waals surface area contributed by atoms with Gasteiger partial charge in [0.15, 0.2) is 6.61 Å². The molecule has 0 unspecified atom stereocenters. The number of amides is 1. The number of carbonyl (C=O) groups is 1. The van der Waals surface area contributed by atoms with Gasteiger partial charge in [-0.15, -0.1) is 0 Å². The van der Waals surface area contributed by atoms with Crippen LogP contribution in [0.3, 0.4) is 0 Å². The largest absolute Gasteiger partial charge is 0.484 e. The third-order valence-corrected chi connectivity index (χ3v) is 3.82. The van der Waals surface area contributed by atoms with Crippen molar-refractivity contribution in [2.24, 2.45) is 0 Å². The fraction of sp³-hybridized carbons (Fsp3) is 0.235. The van der Waals surface area contributed by atoms with Gasteiger partial charge in [0, 0.05) is 17.0 Å². The first kappa shape index (κ1) is 20.0. The monoisotopic (exact) mass is 391 g/mol. The molecule has 3 nitrogen and oxygen atoms in total. The van der Waals surface area contributed by atoms with Crippen molar-refractivity contribution < 1.29 is 31.5 Å². The van der Waals surface area contributed by atoms with Gasteiger partial charge in [-0.25, -0.2) is 0 Å². The predicted octanol–water partition coefficient (Wildman–Crippen LogP) is 4.87. The van der Waals surface area contributed by atoms with E-state index in [2.05, 4.69) is 10.1 Å². The summed E-state index contributed by atoms with van der Waals surface area (Å²) in [5.74, 6) is -2.93. The quantitative estimate of drug-likeness (QED) is 0.541. The van der Waals surface area contributed by atoms with Crippen molar-refractivity contribution in [1.82, 2.24) is 5.32 Å². The average molecular weight is 391 g/mol. The topological polar surface area (TPSA) is 38.3 Å². The molecule has 9 heteroatoms. The summed E-state index contributed by atoms with van der Waals surface area (Å²) in [4.78, 5) is 12.4. The smallest absolute Gasteiger partial charge is 0.422 e. The molecule has 0 spiro atoms. The molecule has 2 rings (SSSR count). The Morgan fingerprint density at radius 2 is 1.81 bits per heavy atom. The van der Waals surface area contributed by atoms with E-state index in [9.17, 15) is 26.7 Å². The van der Waals surface area contributed by atoms with E-state index in [1.54, 1.807) is 6.07 Å². The van der Waals surface area contributed by atoms with Crippen molar-refractivity contribution in [3.63, 3.8) is 0 Å². The Balaban J connectivity index is 1.90. The highest BCUT2D eigenvalue weighted by Gasteiger charge is 2.28. The van der Waals surface area contributed by atoms with Crippen molar-refractivity contribution in [3.8, 4) is 5.75 Å². The van der Waals surface area contributed by atoms with Crippen molar-refractivity contribution in [2.45, 2.75) is 23.4 Å². The van der Waals surface area contributed by atoms with E-state index < -0.39 is 24.4 Å². The molecule has 0 aliphatic heterocycles. The average Bonchev–Trinajstić information content (AvgIpc) is 2.58. The Labute approximate surface area is 150 Å². The SMILES string of the molecule is O=C(NCc1cccc(OCC(F)(F)F)c1)c1ccc(SC(F)F)cc1. The summed E-state index contributed by atoms with van der Waals surface area (Å²) >= 11 is 0.378. The molecule has 0 bridgehead atoms. The molecule has 0 fully saturated rings. The van der Waals surface area contributed by atoms with Crippen LogP contribution in [0.15, 0.2) is 53.4 Å². The van der Waals surface area contributed by atoms with E-state index in [0.717, 1.165) is 0 Å². The fourth-order valence-corrected chi connectivity index (χ4v) is 2.48. The Kier molecular flexibility index (Phi) is 6.84. The van der Waals surface area contributed by atoms with Gasteiger partial charge in [0.1, 0.15) is 5.75 Å². The Morgan fingerprint density at radius 3 is 2.42 bits per heavy atom. The minimum Gasteiger partial charge on any atom is -0.484 e. The highest BCUT2D eigenvalue weighted by atomic mass is 32.2. The highest BCUT2D eigenvalue weighted by Crippen LogP contribution is 2.25. The summed E-state index contributed by atoms with van der Waals surface area (Å²) in [6.45, 7) is -1.32. The van der Waals surface area contributed by atoms with Gasteiger partial charge in [0.25, 0.3) is 11.7 Å². The summed E-state index contributed by atoms with van der Waals surface area (Å²) in [5.41, 5.74) is 0.844. The zero-order valence-corrected chi connectivity index (χ0v) is 14.0. The van der Waals surface area contributed by atoms with Crippen molar-refractivity contribution in [2.75, 3.05) is 6.61 Å². The minimum atomic E-state index is -4.43. The second-order valence-electron chi connectivity index (χ2n) is 5.14. The van der Waals surface area contributed by atoms with Crippen LogP contribution in [0.2, 0.25) is 0 Å². The standard InChI is InChI=1S/C17H14F5NO2S/c18-16(19)26-14-6-4-12(5-7-14)15(24)23-9-11-2-1-3-13(8-11)25-10-17(20,21)22/h1-8,16H,9-10H2,(H,23,24). The molecule has 0 saturated heterocycles. The van der Waals surface area contributed by atoms with Crippen LogP contribution in [0.4, 0.5) is 22.0 Å². The number of ether oxygens (including phenoxy) is 1. The molecule has 0 saturated carbocycles. The van der Waals surface area contributed by atoms with Crippen LogP contribution in [0.5, 0.6) is 5.75 Å². The number of thioether (sulfide) groups is 1. The van der Waals surface area contributed by atoms with Crippen LogP contribution in [0, 0.1) is 0 Å². The van der Waals surface area contributed by atoms with Crippen LogP contribution < -0.4 is 10.1 Å². The Bertz CT molecular complexity index is 735. The molecule has 0 aromatic heterocycles.